The number of rotatable bonds is 2. The van der Waals surface area contributed by atoms with Gasteiger partial charge in [-0.2, -0.15) is 0 Å². The number of alkyl halides is 1. The number of nitrogens with zero attached hydrogens (tertiary/aromatic N) is 1. The summed E-state index contributed by atoms with van der Waals surface area (Å²) in [5.74, 6) is 0. The molecule has 1 aromatic heterocycles. The van der Waals surface area contributed by atoms with Gasteiger partial charge in [0.1, 0.15) is 5.15 Å². The topological polar surface area (TPSA) is 12.9 Å². The van der Waals surface area contributed by atoms with Gasteiger partial charge in [-0.3, -0.25) is 0 Å². The molecule has 0 aliphatic carbocycles. The summed E-state index contributed by atoms with van der Waals surface area (Å²) in [6.45, 7) is 0. The lowest BCUT2D eigenvalue weighted by Crippen LogP contribution is -1.88. The fraction of sp³-hybridized carbons (Fsp3) is 0.0833. The molecular formula is C12H9BrClN. The second-order valence-corrected chi connectivity index (χ2v) is 4.11. The molecule has 0 amide bonds. The van der Waals surface area contributed by atoms with Crippen LogP contribution < -0.4 is 0 Å². The lowest BCUT2D eigenvalue weighted by molar-refractivity contribution is 1.28. The second kappa shape index (κ2) is 4.77. The van der Waals surface area contributed by atoms with E-state index in [4.69, 9.17) is 11.6 Å². The fourth-order valence-corrected chi connectivity index (χ4v) is 2.10. The highest BCUT2D eigenvalue weighted by molar-refractivity contribution is 9.08. The quantitative estimate of drug-likeness (QED) is 0.591. The smallest absolute Gasteiger partial charge is 0.129 e. The number of halogens is 2. The molecule has 0 aliphatic heterocycles. The van der Waals surface area contributed by atoms with Gasteiger partial charge in [-0.1, -0.05) is 57.9 Å². The summed E-state index contributed by atoms with van der Waals surface area (Å²) in [5, 5.41) is 1.31. The van der Waals surface area contributed by atoms with Crippen molar-refractivity contribution in [3.8, 4) is 11.1 Å². The first-order valence-electron chi connectivity index (χ1n) is 4.57. The van der Waals surface area contributed by atoms with Crippen molar-refractivity contribution in [1.82, 2.24) is 4.98 Å². The molecule has 0 aliphatic rings. The highest BCUT2D eigenvalue weighted by Crippen LogP contribution is 2.26. The number of hydrogen-bond acceptors (Lipinski definition) is 1. The van der Waals surface area contributed by atoms with Crippen LogP contribution in [0.3, 0.4) is 0 Å². The summed E-state index contributed by atoms with van der Waals surface area (Å²) in [6, 6.07) is 12.1. The van der Waals surface area contributed by atoms with Gasteiger partial charge in [0.25, 0.3) is 0 Å². The van der Waals surface area contributed by atoms with Crippen LogP contribution >= 0.6 is 27.5 Å². The highest BCUT2D eigenvalue weighted by Gasteiger charge is 2.05. The monoisotopic (exact) mass is 281 g/mol. The average molecular weight is 283 g/mol. The van der Waals surface area contributed by atoms with Crippen LogP contribution in [0.1, 0.15) is 5.56 Å². The normalized spacial score (nSPS) is 10.3. The molecule has 0 bridgehead atoms. The Hall–Kier alpha value is -0.860. The highest BCUT2D eigenvalue weighted by atomic mass is 79.9. The third-order valence-corrected chi connectivity index (χ3v) is 3.00. The number of pyridine rings is 1. The Kier molecular flexibility index (Phi) is 3.39. The Bertz CT molecular complexity index is 456. The van der Waals surface area contributed by atoms with E-state index in [0.717, 1.165) is 22.0 Å². The Morgan fingerprint density at radius 2 is 1.93 bits per heavy atom. The van der Waals surface area contributed by atoms with Gasteiger partial charge in [0.15, 0.2) is 0 Å². The molecule has 2 aromatic rings. The van der Waals surface area contributed by atoms with Crippen LogP contribution in [0.5, 0.6) is 0 Å². The Labute approximate surface area is 102 Å². The lowest BCUT2D eigenvalue weighted by atomic mass is 10.0. The molecule has 0 saturated heterocycles. The minimum atomic E-state index is 0.532. The molecular weight excluding hydrogens is 273 g/mol. The molecule has 0 N–H and O–H groups in total. The number of aromatic nitrogens is 1. The first-order valence-corrected chi connectivity index (χ1v) is 6.07. The minimum absolute atomic E-state index is 0.532. The summed E-state index contributed by atoms with van der Waals surface area (Å²) in [6.07, 6.45) is 1.81. The molecule has 76 valence electrons. The van der Waals surface area contributed by atoms with Crippen LogP contribution in [-0.2, 0) is 5.33 Å². The fourth-order valence-electron chi connectivity index (χ4n) is 1.46. The molecule has 0 fully saturated rings. The molecule has 2 rings (SSSR count). The molecule has 0 saturated carbocycles. The predicted molar refractivity (Wildman–Crippen MR) is 67.3 cm³/mol. The molecule has 1 aromatic carbocycles. The zero-order valence-corrected chi connectivity index (χ0v) is 10.3. The van der Waals surface area contributed by atoms with E-state index in [9.17, 15) is 0 Å². The molecule has 0 spiro atoms. The van der Waals surface area contributed by atoms with Crippen molar-refractivity contribution in [2.75, 3.05) is 0 Å². The van der Waals surface area contributed by atoms with Gasteiger partial charge in [0.2, 0.25) is 0 Å². The van der Waals surface area contributed by atoms with Crippen LogP contribution in [-0.4, -0.2) is 4.98 Å². The van der Waals surface area contributed by atoms with E-state index in [0.29, 0.717) is 5.15 Å². The molecule has 1 heterocycles. The Balaban J connectivity index is 2.53. The van der Waals surface area contributed by atoms with E-state index >= 15 is 0 Å². The van der Waals surface area contributed by atoms with Crippen molar-refractivity contribution in [2.45, 2.75) is 5.33 Å². The van der Waals surface area contributed by atoms with E-state index in [1.54, 1.807) is 0 Å². The third-order valence-electron chi connectivity index (χ3n) is 2.19. The second-order valence-electron chi connectivity index (χ2n) is 3.16. The average Bonchev–Trinajstić information content (AvgIpc) is 2.30. The van der Waals surface area contributed by atoms with Crippen molar-refractivity contribution in [3.63, 3.8) is 0 Å². The van der Waals surface area contributed by atoms with Crippen molar-refractivity contribution < 1.29 is 0 Å². The Morgan fingerprint density at radius 3 is 2.60 bits per heavy atom. The molecule has 0 unspecified atom stereocenters. The van der Waals surface area contributed by atoms with E-state index < -0.39 is 0 Å². The third kappa shape index (κ3) is 2.39. The van der Waals surface area contributed by atoms with Crippen LogP contribution in [0.15, 0.2) is 42.6 Å². The van der Waals surface area contributed by atoms with Gasteiger partial charge < -0.3 is 0 Å². The summed E-state index contributed by atoms with van der Waals surface area (Å²) in [5.41, 5.74) is 3.44. The first-order chi connectivity index (χ1) is 7.31. The molecule has 0 radical (unpaired) electrons. The molecule has 3 heteroatoms. The van der Waals surface area contributed by atoms with Crippen LogP contribution in [0.2, 0.25) is 5.15 Å². The summed E-state index contributed by atoms with van der Waals surface area (Å²) >= 11 is 9.30. The van der Waals surface area contributed by atoms with Gasteiger partial charge >= 0.3 is 0 Å². The first kappa shape index (κ1) is 10.7. The largest absolute Gasteiger partial charge is 0.244 e. The van der Waals surface area contributed by atoms with Gasteiger partial charge in [0.05, 0.1) is 0 Å². The maximum atomic E-state index is 5.85. The van der Waals surface area contributed by atoms with Crippen molar-refractivity contribution in [3.05, 3.63) is 53.3 Å². The summed E-state index contributed by atoms with van der Waals surface area (Å²) in [4.78, 5) is 4.11. The standard InChI is InChI=1S/C12H9BrClN/c13-7-10-6-12(14)15-8-11(10)9-4-2-1-3-5-9/h1-6,8H,7H2. The SMILES string of the molecule is Clc1cc(CBr)c(-c2ccccc2)cn1. The van der Waals surface area contributed by atoms with Gasteiger partial charge in [0, 0.05) is 17.1 Å². The number of benzene rings is 1. The predicted octanol–water partition coefficient (Wildman–Crippen LogP) is 4.30. The van der Waals surface area contributed by atoms with Crippen LogP contribution in [0.25, 0.3) is 11.1 Å². The maximum absolute atomic E-state index is 5.85. The minimum Gasteiger partial charge on any atom is -0.244 e. The van der Waals surface area contributed by atoms with E-state index in [1.807, 2.05) is 30.5 Å². The Morgan fingerprint density at radius 1 is 1.20 bits per heavy atom. The molecule has 1 nitrogen and oxygen atoms in total. The van der Waals surface area contributed by atoms with E-state index in [2.05, 4.69) is 33.0 Å². The van der Waals surface area contributed by atoms with Gasteiger partial charge in [-0.25, -0.2) is 4.98 Å². The summed E-state index contributed by atoms with van der Waals surface area (Å²) in [7, 11) is 0. The number of hydrogen-bond donors (Lipinski definition) is 0. The van der Waals surface area contributed by atoms with Crippen LogP contribution in [0, 0.1) is 0 Å². The van der Waals surface area contributed by atoms with Crippen molar-refractivity contribution >= 4 is 27.5 Å². The van der Waals surface area contributed by atoms with Crippen molar-refractivity contribution in [1.29, 1.82) is 0 Å². The van der Waals surface area contributed by atoms with Gasteiger partial charge in [-0.15, -0.1) is 0 Å². The van der Waals surface area contributed by atoms with Crippen LogP contribution in [0.4, 0.5) is 0 Å². The molecule has 0 atom stereocenters. The lowest BCUT2D eigenvalue weighted by Gasteiger charge is -2.06. The molecule has 15 heavy (non-hydrogen) atoms. The van der Waals surface area contributed by atoms with Crippen molar-refractivity contribution in [2.24, 2.45) is 0 Å². The van der Waals surface area contributed by atoms with E-state index in [1.165, 1.54) is 0 Å². The summed E-state index contributed by atoms with van der Waals surface area (Å²) < 4.78 is 0. The van der Waals surface area contributed by atoms with E-state index in [-0.39, 0.29) is 0 Å². The van der Waals surface area contributed by atoms with Gasteiger partial charge in [-0.05, 0) is 17.2 Å². The maximum Gasteiger partial charge on any atom is 0.129 e. The zero-order valence-electron chi connectivity index (χ0n) is 7.95. The zero-order chi connectivity index (χ0) is 10.7.